The molecule has 2 saturated heterocycles. The highest BCUT2D eigenvalue weighted by molar-refractivity contribution is 5.94. The maximum Gasteiger partial charge on any atom is 0.407 e. The first-order chi connectivity index (χ1) is 24.8. The van der Waals surface area contributed by atoms with E-state index in [2.05, 4.69) is 36.3 Å². The average molecular weight is 720 g/mol. The van der Waals surface area contributed by atoms with Gasteiger partial charge in [-0.1, -0.05) is 51.1 Å². The molecule has 3 aliphatic carbocycles. The molecular weight excluding hydrogens is 662 g/mol. The molecule has 12 heteroatoms. The lowest BCUT2D eigenvalue weighted by atomic mass is 9.45. The van der Waals surface area contributed by atoms with Gasteiger partial charge in [0.25, 0.3) is 5.91 Å². The van der Waals surface area contributed by atoms with Gasteiger partial charge in [-0.05, 0) is 77.8 Å². The minimum absolute atomic E-state index is 0.0407. The lowest BCUT2D eigenvalue weighted by Crippen LogP contribution is -2.62. The molecule has 3 amide bonds. The zero-order chi connectivity index (χ0) is 37.2. The topological polar surface area (TPSA) is 133 Å². The van der Waals surface area contributed by atoms with E-state index in [1.54, 1.807) is 31.0 Å². The van der Waals surface area contributed by atoms with Gasteiger partial charge < -0.3 is 30.1 Å². The van der Waals surface area contributed by atoms with Gasteiger partial charge in [0.15, 0.2) is 0 Å². The molecule has 8 atom stereocenters. The van der Waals surface area contributed by atoms with Crippen LogP contribution in [0.25, 0.3) is 11.1 Å². The highest BCUT2D eigenvalue weighted by Gasteiger charge is 2.57. The SMILES string of the molecule is CC(O)C1C(COC(=O)NCCN2CCOCC2)ON(Cc2cccc(-c3ccc(C(=O)N(C)C)cc3)c2)C1C(=O)N[C@H]1C[C@H]2C[C@@H](C1C)C2(C)C. The molecular formula is C40H57N5O7. The van der Waals surface area contributed by atoms with E-state index >= 15 is 0 Å². The first-order valence-corrected chi connectivity index (χ1v) is 18.9. The lowest BCUT2D eigenvalue weighted by Gasteiger charge is -2.62. The summed E-state index contributed by atoms with van der Waals surface area (Å²) in [5, 5.41) is 19.0. The Balaban J connectivity index is 1.17. The number of hydrogen-bond donors (Lipinski definition) is 3. The minimum atomic E-state index is -0.912. The van der Waals surface area contributed by atoms with Gasteiger partial charge in [-0.15, -0.1) is 0 Å². The molecule has 0 spiro atoms. The van der Waals surface area contributed by atoms with E-state index in [1.165, 1.54) is 6.42 Å². The summed E-state index contributed by atoms with van der Waals surface area (Å²) >= 11 is 0. The van der Waals surface area contributed by atoms with Crippen LogP contribution in [0, 0.1) is 29.1 Å². The van der Waals surface area contributed by atoms with Gasteiger partial charge >= 0.3 is 6.09 Å². The largest absolute Gasteiger partial charge is 0.447 e. The van der Waals surface area contributed by atoms with Crippen molar-refractivity contribution in [2.75, 3.05) is 60.1 Å². The molecule has 12 nitrogen and oxygen atoms in total. The van der Waals surface area contributed by atoms with E-state index < -0.39 is 30.3 Å². The molecule has 2 aliphatic heterocycles. The Morgan fingerprint density at radius 3 is 2.44 bits per heavy atom. The Morgan fingerprint density at radius 2 is 1.79 bits per heavy atom. The fraction of sp³-hybridized carbons (Fsp3) is 0.625. The second-order valence-electron chi connectivity index (χ2n) is 16.0. The summed E-state index contributed by atoms with van der Waals surface area (Å²) in [6, 6.07) is 14.7. The van der Waals surface area contributed by atoms with Gasteiger partial charge in [-0.25, -0.2) is 4.79 Å². The van der Waals surface area contributed by atoms with Crippen LogP contribution in [0.2, 0.25) is 0 Å². The summed E-state index contributed by atoms with van der Waals surface area (Å²) in [5.41, 5.74) is 3.71. The Bertz CT molecular complexity index is 1560. The standard InChI is InChI=1S/C40H57N5O7/c1-25-32-21-31(40(32,3)4)22-33(25)42-37(47)36-35(26(2)46)34(24-51-39(49)41-14-15-44-16-18-50-19-17-44)52-45(36)23-27-8-7-9-30(20-27)28-10-12-29(13-11-28)38(48)43(5)6/h7-13,20,25-26,31-36,46H,14-19,21-24H2,1-6H3,(H,41,49)(H,42,47)/t25?,26?,31-,32+,33+,34?,35?,36?/m1/s1. The molecule has 52 heavy (non-hydrogen) atoms. The molecule has 3 N–H and O–H groups in total. The van der Waals surface area contributed by atoms with Gasteiger partial charge in [-0.2, -0.15) is 5.06 Å². The molecule has 7 rings (SSSR count). The van der Waals surface area contributed by atoms with Crippen molar-refractivity contribution in [3.8, 4) is 11.1 Å². The number of carbonyl (C=O) groups is 3. The summed E-state index contributed by atoms with van der Waals surface area (Å²) in [7, 11) is 3.46. The Labute approximate surface area is 308 Å². The van der Waals surface area contributed by atoms with Crippen molar-refractivity contribution in [2.24, 2.45) is 29.1 Å². The van der Waals surface area contributed by atoms with Crippen molar-refractivity contribution >= 4 is 17.9 Å². The molecule has 5 fully saturated rings. The number of hydrogen-bond acceptors (Lipinski definition) is 9. The van der Waals surface area contributed by atoms with Crippen LogP contribution in [0.4, 0.5) is 4.79 Å². The van der Waals surface area contributed by atoms with Crippen LogP contribution in [-0.2, 0) is 25.7 Å². The number of ether oxygens (including phenoxy) is 2. The number of nitrogens with zero attached hydrogens (tertiary/aromatic N) is 3. The predicted molar refractivity (Wildman–Crippen MR) is 197 cm³/mol. The average Bonchev–Trinajstić information content (AvgIpc) is 3.49. The molecule has 284 valence electrons. The molecule has 0 aromatic heterocycles. The van der Waals surface area contributed by atoms with Crippen LogP contribution < -0.4 is 10.6 Å². The van der Waals surface area contributed by atoms with Crippen LogP contribution in [0.1, 0.15) is 56.5 Å². The number of aliphatic hydroxyl groups is 1. The molecule has 2 heterocycles. The number of rotatable bonds is 12. The molecule has 5 unspecified atom stereocenters. The third kappa shape index (κ3) is 8.31. The number of fused-ring (bicyclic) bond motifs is 2. The second-order valence-corrected chi connectivity index (χ2v) is 16.0. The van der Waals surface area contributed by atoms with Gasteiger partial charge in [0.1, 0.15) is 18.8 Å². The van der Waals surface area contributed by atoms with Crippen LogP contribution >= 0.6 is 0 Å². The van der Waals surface area contributed by atoms with Crippen molar-refractivity contribution in [1.29, 1.82) is 0 Å². The molecule has 3 saturated carbocycles. The monoisotopic (exact) mass is 719 g/mol. The fourth-order valence-electron chi connectivity index (χ4n) is 8.91. The quantitative estimate of drug-likeness (QED) is 0.300. The van der Waals surface area contributed by atoms with Crippen molar-refractivity contribution in [1.82, 2.24) is 25.5 Å². The van der Waals surface area contributed by atoms with E-state index in [9.17, 15) is 19.5 Å². The third-order valence-electron chi connectivity index (χ3n) is 12.2. The summed E-state index contributed by atoms with van der Waals surface area (Å²) in [6.07, 6.45) is -0.0773. The Morgan fingerprint density at radius 1 is 1.06 bits per heavy atom. The fourth-order valence-corrected chi connectivity index (χ4v) is 8.91. The van der Waals surface area contributed by atoms with Crippen molar-refractivity contribution in [3.05, 3.63) is 59.7 Å². The molecule has 2 aromatic rings. The smallest absolute Gasteiger partial charge is 0.407 e. The number of amides is 3. The molecule has 2 aromatic carbocycles. The third-order valence-corrected chi connectivity index (χ3v) is 12.2. The predicted octanol–water partition coefficient (Wildman–Crippen LogP) is 3.78. The number of benzene rings is 2. The van der Waals surface area contributed by atoms with E-state index in [-0.39, 0.29) is 36.4 Å². The minimum Gasteiger partial charge on any atom is -0.447 e. The van der Waals surface area contributed by atoms with E-state index in [0.29, 0.717) is 49.6 Å². The summed E-state index contributed by atoms with van der Waals surface area (Å²) in [6.45, 7) is 12.9. The Kier molecular flexibility index (Phi) is 11.9. The van der Waals surface area contributed by atoms with Gasteiger partial charge in [0, 0.05) is 57.8 Å². The molecule has 2 bridgehead atoms. The molecule has 5 aliphatic rings. The summed E-state index contributed by atoms with van der Waals surface area (Å²) in [4.78, 5) is 49.8. The van der Waals surface area contributed by atoms with Crippen LogP contribution in [0.3, 0.4) is 0 Å². The van der Waals surface area contributed by atoms with Crippen LogP contribution in [0.5, 0.6) is 0 Å². The zero-order valence-electron chi connectivity index (χ0n) is 31.5. The first-order valence-electron chi connectivity index (χ1n) is 18.9. The van der Waals surface area contributed by atoms with Crippen molar-refractivity contribution in [3.63, 3.8) is 0 Å². The number of morpholine rings is 1. The zero-order valence-corrected chi connectivity index (χ0v) is 31.5. The summed E-state index contributed by atoms with van der Waals surface area (Å²) < 4.78 is 11.0. The highest BCUT2D eigenvalue weighted by Crippen LogP contribution is 2.61. The van der Waals surface area contributed by atoms with Crippen molar-refractivity contribution in [2.45, 2.75) is 71.4 Å². The van der Waals surface area contributed by atoms with Crippen LogP contribution in [0.15, 0.2) is 48.5 Å². The lowest BCUT2D eigenvalue weighted by molar-refractivity contribution is -0.183. The normalized spacial score (nSPS) is 29.1. The highest BCUT2D eigenvalue weighted by atomic mass is 16.7. The van der Waals surface area contributed by atoms with E-state index in [1.807, 2.05) is 48.5 Å². The maximum atomic E-state index is 14.3. The number of alkyl carbamates (subject to hydrolysis) is 1. The molecule has 0 radical (unpaired) electrons. The van der Waals surface area contributed by atoms with E-state index in [0.717, 1.165) is 36.2 Å². The second kappa shape index (κ2) is 16.2. The Hall–Kier alpha value is -3.55. The van der Waals surface area contributed by atoms with Gasteiger partial charge in [0.05, 0.1) is 25.9 Å². The van der Waals surface area contributed by atoms with Gasteiger partial charge in [0.2, 0.25) is 5.91 Å². The number of aliphatic hydroxyl groups excluding tert-OH is 1. The van der Waals surface area contributed by atoms with Crippen LogP contribution in [-0.4, -0.2) is 122 Å². The number of carbonyl (C=O) groups excluding carboxylic acids is 3. The van der Waals surface area contributed by atoms with Gasteiger partial charge in [-0.3, -0.25) is 19.3 Å². The summed E-state index contributed by atoms with van der Waals surface area (Å²) in [5.74, 6) is 0.577. The first kappa shape index (κ1) is 38.2. The maximum absolute atomic E-state index is 14.3. The number of nitrogens with one attached hydrogen (secondary N) is 2. The van der Waals surface area contributed by atoms with E-state index in [4.69, 9.17) is 14.3 Å². The van der Waals surface area contributed by atoms with Crippen molar-refractivity contribution < 1.29 is 33.8 Å². The number of hydroxylamine groups is 2.